The highest BCUT2D eigenvalue weighted by Gasteiger charge is 2.35. The van der Waals surface area contributed by atoms with Crippen molar-refractivity contribution in [1.29, 1.82) is 0 Å². The first-order valence-corrected chi connectivity index (χ1v) is 13.3. The second-order valence-electron chi connectivity index (χ2n) is 11.5. The van der Waals surface area contributed by atoms with E-state index in [-0.39, 0.29) is 17.8 Å². The summed E-state index contributed by atoms with van der Waals surface area (Å²) in [5.74, 6) is 1.98. The van der Waals surface area contributed by atoms with Crippen LogP contribution in [-0.2, 0) is 4.74 Å². The van der Waals surface area contributed by atoms with Crippen molar-refractivity contribution in [1.82, 2.24) is 19.4 Å². The number of β-amino-alcohol motifs (C(OH)–C–C–N with tert-alkyl or cyclic N) is 1. The van der Waals surface area contributed by atoms with Gasteiger partial charge in [0.1, 0.15) is 30.1 Å². The van der Waals surface area contributed by atoms with Crippen LogP contribution in [0.15, 0.2) is 36.8 Å². The molecule has 3 fully saturated rings. The van der Waals surface area contributed by atoms with Gasteiger partial charge in [-0.15, -0.1) is 0 Å². The number of benzene rings is 1. The number of aromatic nitrogens is 3. The second kappa shape index (κ2) is 9.32. The molecule has 0 radical (unpaired) electrons. The molecular weight excluding hydrogens is 454 g/mol. The maximum Gasteiger partial charge on any atom is 0.146 e. The number of nitrogen functional groups attached to an aromatic ring is 1. The van der Waals surface area contributed by atoms with Crippen LogP contribution < -0.4 is 10.5 Å². The van der Waals surface area contributed by atoms with E-state index in [0.29, 0.717) is 24.4 Å². The van der Waals surface area contributed by atoms with Crippen molar-refractivity contribution in [3.63, 3.8) is 0 Å². The molecule has 2 aliphatic heterocycles. The van der Waals surface area contributed by atoms with Gasteiger partial charge in [-0.2, -0.15) is 0 Å². The lowest BCUT2D eigenvalue weighted by molar-refractivity contribution is -0.0326. The quantitative estimate of drug-likeness (QED) is 0.515. The molecule has 2 atom stereocenters. The highest BCUT2D eigenvalue weighted by atomic mass is 16.6. The molecule has 3 aliphatic rings. The molecule has 6 rings (SSSR count). The van der Waals surface area contributed by atoms with Crippen LogP contribution in [0.25, 0.3) is 22.2 Å². The van der Waals surface area contributed by atoms with Crippen molar-refractivity contribution in [3.05, 3.63) is 36.8 Å². The fourth-order valence-corrected chi connectivity index (χ4v) is 6.16. The molecule has 1 saturated carbocycles. The minimum absolute atomic E-state index is 0.0640. The molecule has 36 heavy (non-hydrogen) atoms. The Kier molecular flexibility index (Phi) is 6.14. The van der Waals surface area contributed by atoms with E-state index in [9.17, 15) is 5.11 Å². The molecule has 3 N–H and O–H groups in total. The van der Waals surface area contributed by atoms with Gasteiger partial charge in [0.05, 0.1) is 23.2 Å². The van der Waals surface area contributed by atoms with Crippen LogP contribution >= 0.6 is 0 Å². The summed E-state index contributed by atoms with van der Waals surface area (Å²) in [4.78, 5) is 11.3. The number of hydrogen-bond donors (Lipinski definition) is 2. The monoisotopic (exact) mass is 491 g/mol. The van der Waals surface area contributed by atoms with Gasteiger partial charge in [-0.25, -0.2) is 9.97 Å². The van der Waals surface area contributed by atoms with E-state index in [1.807, 2.05) is 12.1 Å². The number of ether oxygens (including phenoxy) is 2. The van der Waals surface area contributed by atoms with Crippen LogP contribution in [0.5, 0.6) is 5.75 Å². The zero-order chi connectivity index (χ0) is 24.9. The van der Waals surface area contributed by atoms with Crippen molar-refractivity contribution in [3.8, 4) is 16.9 Å². The van der Waals surface area contributed by atoms with E-state index in [0.717, 1.165) is 79.6 Å². The van der Waals surface area contributed by atoms with Gasteiger partial charge in [0, 0.05) is 37.4 Å². The molecule has 2 saturated heterocycles. The van der Waals surface area contributed by atoms with Crippen LogP contribution in [0.2, 0.25) is 0 Å². The largest absolute Gasteiger partial charge is 0.491 e. The van der Waals surface area contributed by atoms with Crippen LogP contribution in [0.1, 0.15) is 52.0 Å². The zero-order valence-electron chi connectivity index (χ0n) is 21.3. The van der Waals surface area contributed by atoms with E-state index in [4.69, 9.17) is 15.2 Å². The number of fused-ring (bicyclic) bond motifs is 1. The molecular formula is C28H37N5O3. The van der Waals surface area contributed by atoms with Crippen molar-refractivity contribution in [2.24, 2.45) is 5.92 Å². The highest BCUT2D eigenvalue weighted by molar-refractivity contribution is 6.00. The van der Waals surface area contributed by atoms with Gasteiger partial charge >= 0.3 is 0 Å². The Morgan fingerprint density at radius 3 is 2.83 bits per heavy atom. The number of rotatable bonds is 7. The third-order valence-corrected chi connectivity index (χ3v) is 8.14. The zero-order valence-corrected chi connectivity index (χ0v) is 21.3. The molecule has 1 aliphatic carbocycles. The van der Waals surface area contributed by atoms with Crippen LogP contribution in [0.3, 0.4) is 0 Å². The summed E-state index contributed by atoms with van der Waals surface area (Å²) in [6, 6.07) is 8.59. The van der Waals surface area contributed by atoms with E-state index >= 15 is 0 Å². The van der Waals surface area contributed by atoms with Gasteiger partial charge in [0.2, 0.25) is 0 Å². The fraction of sp³-hybridized carbons (Fsp3) is 0.571. The number of anilines is 1. The number of aliphatic hydroxyl groups is 1. The van der Waals surface area contributed by atoms with E-state index in [1.54, 1.807) is 6.33 Å². The Balaban J connectivity index is 1.20. The van der Waals surface area contributed by atoms with E-state index in [1.165, 1.54) is 0 Å². The molecule has 2 aromatic heterocycles. The summed E-state index contributed by atoms with van der Waals surface area (Å²) < 4.78 is 14.5. The number of nitrogens with zero attached hydrogens (tertiary/aromatic N) is 4. The minimum Gasteiger partial charge on any atom is -0.491 e. The van der Waals surface area contributed by atoms with Crippen molar-refractivity contribution in [2.75, 3.05) is 32.0 Å². The molecule has 8 heteroatoms. The predicted molar refractivity (Wildman–Crippen MR) is 140 cm³/mol. The Morgan fingerprint density at radius 2 is 2.08 bits per heavy atom. The normalized spacial score (nSPS) is 28.0. The summed E-state index contributed by atoms with van der Waals surface area (Å²) in [5, 5.41) is 10.7. The average Bonchev–Trinajstić information content (AvgIpc) is 3.52. The predicted octanol–water partition coefficient (Wildman–Crippen LogP) is 4.03. The number of likely N-dealkylation sites (tertiary alicyclic amines) is 1. The van der Waals surface area contributed by atoms with Crippen molar-refractivity contribution >= 4 is 16.9 Å². The fourth-order valence-electron chi connectivity index (χ4n) is 6.16. The molecule has 192 valence electrons. The number of aliphatic hydroxyl groups excluding tert-OH is 1. The Labute approximate surface area is 212 Å². The average molecular weight is 492 g/mol. The van der Waals surface area contributed by atoms with E-state index < -0.39 is 0 Å². The van der Waals surface area contributed by atoms with Crippen LogP contribution in [-0.4, -0.2) is 68.6 Å². The first-order valence-electron chi connectivity index (χ1n) is 13.3. The molecule has 8 nitrogen and oxygen atoms in total. The molecule has 0 spiro atoms. The lowest BCUT2D eigenvalue weighted by Crippen LogP contribution is -2.36. The van der Waals surface area contributed by atoms with Crippen LogP contribution in [0.4, 0.5) is 5.82 Å². The first-order chi connectivity index (χ1) is 17.3. The molecule has 3 aromatic rings. The SMILES string of the molecule is CC1(C)CC[C@H](COc2cccc(-c3cn([C@H]4C[C@@H](CN5CCC(O)C5)C4)c4ncnc(N)c34)c2)O1. The molecule has 0 bridgehead atoms. The maximum atomic E-state index is 9.83. The first kappa shape index (κ1) is 23.7. The topological polar surface area (TPSA) is 98.7 Å². The lowest BCUT2D eigenvalue weighted by Gasteiger charge is -2.38. The minimum atomic E-state index is -0.159. The Hall–Kier alpha value is -2.68. The van der Waals surface area contributed by atoms with Gasteiger partial charge in [-0.1, -0.05) is 12.1 Å². The molecule has 1 aromatic carbocycles. The molecule has 0 amide bonds. The number of hydrogen-bond acceptors (Lipinski definition) is 7. The summed E-state index contributed by atoms with van der Waals surface area (Å²) in [7, 11) is 0. The van der Waals surface area contributed by atoms with Gasteiger partial charge in [-0.3, -0.25) is 0 Å². The highest BCUT2D eigenvalue weighted by Crippen LogP contribution is 2.43. The lowest BCUT2D eigenvalue weighted by atomic mass is 9.79. The third kappa shape index (κ3) is 4.69. The van der Waals surface area contributed by atoms with Crippen LogP contribution in [0, 0.1) is 5.92 Å². The van der Waals surface area contributed by atoms with E-state index in [2.05, 4.69) is 51.6 Å². The summed E-state index contributed by atoms with van der Waals surface area (Å²) in [6.07, 6.45) is 8.92. The van der Waals surface area contributed by atoms with Crippen molar-refractivity contribution in [2.45, 2.75) is 69.8 Å². The van der Waals surface area contributed by atoms with Gasteiger partial charge in [-0.05, 0) is 69.6 Å². The van der Waals surface area contributed by atoms with Gasteiger partial charge in [0.25, 0.3) is 0 Å². The molecule has 1 unspecified atom stereocenters. The maximum absolute atomic E-state index is 9.83. The molecule has 4 heterocycles. The van der Waals surface area contributed by atoms with Gasteiger partial charge < -0.3 is 29.8 Å². The second-order valence-corrected chi connectivity index (χ2v) is 11.5. The Morgan fingerprint density at radius 1 is 1.22 bits per heavy atom. The summed E-state index contributed by atoms with van der Waals surface area (Å²) >= 11 is 0. The summed E-state index contributed by atoms with van der Waals surface area (Å²) in [6.45, 7) is 7.71. The third-order valence-electron chi connectivity index (χ3n) is 8.14. The standard InChI is InChI=1S/C28H37N5O3/c1-28(2)8-6-23(36-28)16-35-22-5-3-4-19(12-22)24-15-33(27-25(24)26(29)30-17-31-27)20-10-18(11-20)13-32-9-7-21(34)14-32/h3-5,12,15,17-18,20-21,23,34H,6-11,13-14,16H2,1-2H3,(H2,29,30,31)/t18-,20+,21?,23-/m1/s1. The summed E-state index contributed by atoms with van der Waals surface area (Å²) in [5.41, 5.74) is 9.30. The smallest absolute Gasteiger partial charge is 0.146 e. The van der Waals surface area contributed by atoms with Gasteiger partial charge in [0.15, 0.2) is 0 Å². The van der Waals surface area contributed by atoms with Crippen molar-refractivity contribution < 1.29 is 14.6 Å². The number of nitrogens with two attached hydrogens (primary N) is 1. The Bertz CT molecular complexity index is 1240.